The van der Waals surface area contributed by atoms with Gasteiger partial charge in [0.1, 0.15) is 0 Å². The van der Waals surface area contributed by atoms with Gasteiger partial charge in [-0.1, -0.05) is 24.3 Å². The number of nitrogens with zero attached hydrogens (tertiary/aromatic N) is 1. The van der Waals surface area contributed by atoms with Gasteiger partial charge in [-0.05, 0) is 49.2 Å². The zero-order valence-electron chi connectivity index (χ0n) is 12.8. The van der Waals surface area contributed by atoms with Crippen LogP contribution >= 0.6 is 0 Å². The van der Waals surface area contributed by atoms with Crippen LogP contribution in [-0.4, -0.2) is 13.4 Å². The monoisotopic (exact) mass is 328 g/mol. The van der Waals surface area contributed by atoms with Gasteiger partial charge in [0.2, 0.25) is 5.89 Å². The van der Waals surface area contributed by atoms with E-state index in [2.05, 4.69) is 9.71 Å². The maximum absolute atomic E-state index is 12.4. The van der Waals surface area contributed by atoms with Crippen molar-refractivity contribution < 1.29 is 12.8 Å². The molecule has 3 rings (SSSR count). The molecule has 1 aromatic heterocycles. The van der Waals surface area contributed by atoms with Crippen LogP contribution < -0.4 is 4.72 Å². The number of aryl methyl sites for hydroxylation is 2. The van der Waals surface area contributed by atoms with E-state index in [0.717, 1.165) is 16.7 Å². The minimum Gasteiger partial charge on any atom is -0.423 e. The first kappa shape index (κ1) is 15.3. The van der Waals surface area contributed by atoms with E-state index in [1.54, 1.807) is 24.3 Å². The van der Waals surface area contributed by atoms with Gasteiger partial charge in [0.15, 0.2) is 0 Å². The van der Waals surface area contributed by atoms with E-state index < -0.39 is 10.0 Å². The number of rotatable bonds is 4. The third kappa shape index (κ3) is 3.43. The highest BCUT2D eigenvalue weighted by Crippen LogP contribution is 2.23. The molecule has 0 unspecified atom stereocenters. The van der Waals surface area contributed by atoms with E-state index >= 15 is 0 Å². The lowest BCUT2D eigenvalue weighted by Gasteiger charge is -2.07. The molecule has 5 nitrogen and oxygen atoms in total. The molecule has 0 aliphatic rings. The van der Waals surface area contributed by atoms with E-state index in [-0.39, 0.29) is 11.0 Å². The molecule has 0 fully saturated rings. The molecule has 0 atom stereocenters. The summed E-state index contributed by atoms with van der Waals surface area (Å²) in [4.78, 5) is 4.04. The predicted octanol–water partition coefficient (Wildman–Crippen LogP) is 3.76. The van der Waals surface area contributed by atoms with Crippen molar-refractivity contribution in [1.29, 1.82) is 0 Å². The summed E-state index contributed by atoms with van der Waals surface area (Å²) in [6, 6.07) is 14.6. The maximum Gasteiger partial charge on any atom is 0.297 e. The first-order valence-corrected chi connectivity index (χ1v) is 8.55. The average Bonchev–Trinajstić information content (AvgIpc) is 2.97. The highest BCUT2D eigenvalue weighted by Gasteiger charge is 2.20. The van der Waals surface area contributed by atoms with Crippen LogP contribution in [0.15, 0.2) is 64.2 Å². The Labute approximate surface area is 135 Å². The Morgan fingerprint density at radius 2 is 1.65 bits per heavy atom. The quantitative estimate of drug-likeness (QED) is 0.791. The van der Waals surface area contributed by atoms with Crippen LogP contribution in [0.1, 0.15) is 11.1 Å². The van der Waals surface area contributed by atoms with E-state index in [0.29, 0.717) is 5.69 Å². The van der Waals surface area contributed by atoms with Gasteiger partial charge in [0.05, 0.1) is 6.20 Å². The Hall–Kier alpha value is -2.60. The molecule has 1 heterocycles. The van der Waals surface area contributed by atoms with Crippen molar-refractivity contribution in [2.75, 3.05) is 4.72 Å². The fourth-order valence-corrected chi connectivity index (χ4v) is 3.25. The second kappa shape index (κ2) is 5.89. The molecule has 23 heavy (non-hydrogen) atoms. The van der Waals surface area contributed by atoms with Crippen LogP contribution in [0.25, 0.3) is 11.5 Å². The molecular weight excluding hydrogens is 312 g/mol. The number of benzene rings is 2. The van der Waals surface area contributed by atoms with Crippen molar-refractivity contribution in [2.24, 2.45) is 0 Å². The number of hydrogen-bond acceptors (Lipinski definition) is 4. The molecule has 118 valence electrons. The highest BCUT2D eigenvalue weighted by atomic mass is 32.2. The van der Waals surface area contributed by atoms with Gasteiger partial charge in [-0.15, -0.1) is 0 Å². The van der Waals surface area contributed by atoms with E-state index in [9.17, 15) is 8.42 Å². The van der Waals surface area contributed by atoms with E-state index in [1.165, 1.54) is 6.20 Å². The fourth-order valence-electron chi connectivity index (χ4n) is 2.34. The van der Waals surface area contributed by atoms with Crippen LogP contribution in [0.3, 0.4) is 0 Å². The van der Waals surface area contributed by atoms with E-state index in [1.807, 2.05) is 38.1 Å². The smallest absolute Gasteiger partial charge is 0.297 e. The van der Waals surface area contributed by atoms with Crippen LogP contribution in [0, 0.1) is 13.8 Å². The van der Waals surface area contributed by atoms with Crippen molar-refractivity contribution in [3.05, 3.63) is 65.9 Å². The largest absolute Gasteiger partial charge is 0.423 e. The van der Waals surface area contributed by atoms with Gasteiger partial charge in [-0.2, -0.15) is 8.42 Å². The van der Waals surface area contributed by atoms with Crippen molar-refractivity contribution in [3.8, 4) is 11.5 Å². The number of hydrogen-bond donors (Lipinski definition) is 1. The molecule has 0 spiro atoms. The van der Waals surface area contributed by atoms with Crippen LogP contribution in [0.5, 0.6) is 0 Å². The Balaban J connectivity index is 1.90. The van der Waals surface area contributed by atoms with Gasteiger partial charge < -0.3 is 4.42 Å². The molecule has 0 saturated heterocycles. The van der Waals surface area contributed by atoms with Crippen LogP contribution in [-0.2, 0) is 10.0 Å². The standard InChI is InChI=1S/C17H16N2O3S/c1-12-8-13(2)10-15(9-12)19-23(20,21)16-11-18-17(22-16)14-6-4-3-5-7-14/h3-11,19H,1-2H3. The predicted molar refractivity (Wildman–Crippen MR) is 88.7 cm³/mol. The molecule has 0 aliphatic carbocycles. The number of sulfonamides is 1. The Bertz CT molecular complexity index is 911. The van der Waals surface area contributed by atoms with Gasteiger partial charge >= 0.3 is 0 Å². The minimum atomic E-state index is -3.81. The molecule has 2 aromatic carbocycles. The van der Waals surface area contributed by atoms with Gasteiger partial charge in [-0.3, -0.25) is 4.72 Å². The summed E-state index contributed by atoms with van der Waals surface area (Å²) < 4.78 is 32.8. The minimum absolute atomic E-state index is 0.212. The number of oxazole rings is 1. The summed E-state index contributed by atoms with van der Waals surface area (Å²) in [7, 11) is -3.81. The molecule has 6 heteroatoms. The molecular formula is C17H16N2O3S. The summed E-state index contributed by atoms with van der Waals surface area (Å²) in [6.07, 6.45) is 1.22. The average molecular weight is 328 g/mol. The van der Waals surface area contributed by atoms with Crippen LogP contribution in [0.4, 0.5) is 5.69 Å². The lowest BCUT2D eigenvalue weighted by Crippen LogP contribution is -2.12. The SMILES string of the molecule is Cc1cc(C)cc(NS(=O)(=O)c2cnc(-c3ccccc3)o2)c1. The van der Waals surface area contributed by atoms with Gasteiger partial charge in [0, 0.05) is 11.3 Å². The second-order valence-electron chi connectivity index (χ2n) is 5.33. The molecule has 0 bridgehead atoms. The van der Waals surface area contributed by atoms with E-state index in [4.69, 9.17) is 4.42 Å². The van der Waals surface area contributed by atoms with Gasteiger partial charge in [-0.25, -0.2) is 4.98 Å². The molecule has 3 aromatic rings. The fraction of sp³-hybridized carbons (Fsp3) is 0.118. The molecule has 0 aliphatic heterocycles. The number of aromatic nitrogens is 1. The lowest BCUT2D eigenvalue weighted by molar-refractivity contribution is 0.460. The van der Waals surface area contributed by atoms with Crippen molar-refractivity contribution in [3.63, 3.8) is 0 Å². The third-order valence-corrected chi connectivity index (χ3v) is 4.47. The zero-order chi connectivity index (χ0) is 16.4. The highest BCUT2D eigenvalue weighted by molar-refractivity contribution is 7.92. The first-order chi connectivity index (χ1) is 10.9. The Kier molecular flexibility index (Phi) is 3.92. The zero-order valence-corrected chi connectivity index (χ0v) is 13.6. The lowest BCUT2D eigenvalue weighted by atomic mass is 10.1. The van der Waals surface area contributed by atoms with Crippen molar-refractivity contribution >= 4 is 15.7 Å². The topological polar surface area (TPSA) is 72.2 Å². The Morgan fingerprint density at radius 3 is 2.30 bits per heavy atom. The normalized spacial score (nSPS) is 11.4. The summed E-state index contributed by atoms with van der Waals surface area (Å²) in [5, 5.41) is -0.212. The summed E-state index contributed by atoms with van der Waals surface area (Å²) >= 11 is 0. The summed E-state index contributed by atoms with van der Waals surface area (Å²) in [5.74, 6) is 0.270. The van der Waals surface area contributed by atoms with Crippen molar-refractivity contribution in [1.82, 2.24) is 4.98 Å². The summed E-state index contributed by atoms with van der Waals surface area (Å²) in [6.45, 7) is 3.82. The number of anilines is 1. The molecule has 0 radical (unpaired) electrons. The second-order valence-corrected chi connectivity index (χ2v) is 6.95. The molecule has 0 amide bonds. The third-order valence-electron chi connectivity index (χ3n) is 3.24. The molecule has 1 N–H and O–H groups in total. The molecule has 0 saturated carbocycles. The van der Waals surface area contributed by atoms with Crippen LogP contribution in [0.2, 0.25) is 0 Å². The first-order valence-electron chi connectivity index (χ1n) is 7.06. The maximum atomic E-state index is 12.4. The number of nitrogens with one attached hydrogen (secondary N) is 1. The summed E-state index contributed by atoms with van der Waals surface area (Å²) in [5.41, 5.74) is 3.18. The van der Waals surface area contributed by atoms with Crippen molar-refractivity contribution in [2.45, 2.75) is 18.9 Å². The Morgan fingerprint density at radius 1 is 1.00 bits per heavy atom. The van der Waals surface area contributed by atoms with Gasteiger partial charge in [0.25, 0.3) is 15.1 Å².